The van der Waals surface area contributed by atoms with Gasteiger partial charge in [0, 0.05) is 18.7 Å². The molecule has 1 heterocycles. The molecule has 1 aliphatic rings. The van der Waals surface area contributed by atoms with E-state index < -0.39 is 0 Å². The molecule has 0 radical (unpaired) electrons. The summed E-state index contributed by atoms with van der Waals surface area (Å²) in [7, 11) is 0. The van der Waals surface area contributed by atoms with E-state index >= 15 is 0 Å². The molecule has 0 amide bonds. The lowest BCUT2D eigenvalue weighted by molar-refractivity contribution is -0.00539. The maximum Gasteiger partial charge on any atom is 0.0589 e. The summed E-state index contributed by atoms with van der Waals surface area (Å²) < 4.78 is 5.83. The van der Waals surface area contributed by atoms with E-state index in [2.05, 4.69) is 26.1 Å². The van der Waals surface area contributed by atoms with Crippen LogP contribution in [0.1, 0.15) is 78.6 Å². The smallest absolute Gasteiger partial charge is 0.0589 e. The van der Waals surface area contributed by atoms with Gasteiger partial charge >= 0.3 is 0 Å². The summed E-state index contributed by atoms with van der Waals surface area (Å²) in [6.07, 6.45) is 12.0. The van der Waals surface area contributed by atoms with Crippen molar-refractivity contribution < 1.29 is 4.74 Å². The van der Waals surface area contributed by atoms with Crippen molar-refractivity contribution in [2.75, 3.05) is 6.61 Å². The molecule has 1 aliphatic heterocycles. The second-order valence-electron chi connectivity index (χ2n) is 5.80. The van der Waals surface area contributed by atoms with E-state index in [-0.39, 0.29) is 0 Å². The first-order chi connectivity index (χ1) is 8.80. The second kappa shape index (κ2) is 9.80. The summed E-state index contributed by atoms with van der Waals surface area (Å²) in [5, 5.41) is 3.90. The van der Waals surface area contributed by atoms with Crippen LogP contribution in [-0.4, -0.2) is 24.8 Å². The summed E-state index contributed by atoms with van der Waals surface area (Å²) in [6, 6.07) is 1.43. The quantitative estimate of drug-likeness (QED) is 0.664. The third-order valence-electron chi connectivity index (χ3n) is 3.99. The molecule has 0 bridgehead atoms. The van der Waals surface area contributed by atoms with Crippen molar-refractivity contribution in [1.82, 2.24) is 5.32 Å². The SMILES string of the molecule is CCCCC(CCC)NC1CCOC(CCC)C1. The highest BCUT2D eigenvalue weighted by molar-refractivity contribution is 4.80. The monoisotopic (exact) mass is 255 g/mol. The number of unbranched alkanes of at least 4 members (excludes halogenated alkanes) is 1. The van der Waals surface area contributed by atoms with Gasteiger partial charge in [0.1, 0.15) is 0 Å². The van der Waals surface area contributed by atoms with Crippen molar-refractivity contribution in [1.29, 1.82) is 0 Å². The Kier molecular flexibility index (Phi) is 8.70. The Morgan fingerprint density at radius 1 is 1.11 bits per heavy atom. The fourth-order valence-corrected chi connectivity index (χ4v) is 3.00. The molecule has 1 rings (SSSR count). The van der Waals surface area contributed by atoms with Crippen LogP contribution >= 0.6 is 0 Å². The van der Waals surface area contributed by atoms with Gasteiger partial charge in [-0.1, -0.05) is 46.5 Å². The third-order valence-corrected chi connectivity index (χ3v) is 3.99. The summed E-state index contributed by atoms with van der Waals surface area (Å²) in [6.45, 7) is 7.79. The van der Waals surface area contributed by atoms with Crippen LogP contribution in [0.15, 0.2) is 0 Å². The summed E-state index contributed by atoms with van der Waals surface area (Å²) >= 11 is 0. The first kappa shape index (κ1) is 16.0. The minimum Gasteiger partial charge on any atom is -0.378 e. The van der Waals surface area contributed by atoms with E-state index in [0.29, 0.717) is 12.1 Å². The predicted molar refractivity (Wildman–Crippen MR) is 79.0 cm³/mol. The average molecular weight is 255 g/mol. The first-order valence-corrected chi connectivity index (χ1v) is 8.17. The van der Waals surface area contributed by atoms with E-state index in [0.717, 1.165) is 12.6 Å². The van der Waals surface area contributed by atoms with Crippen LogP contribution in [0.4, 0.5) is 0 Å². The van der Waals surface area contributed by atoms with Gasteiger partial charge in [0.15, 0.2) is 0 Å². The molecule has 0 aromatic heterocycles. The van der Waals surface area contributed by atoms with Crippen molar-refractivity contribution in [3.05, 3.63) is 0 Å². The number of rotatable bonds is 9. The molecule has 18 heavy (non-hydrogen) atoms. The van der Waals surface area contributed by atoms with Gasteiger partial charge in [0.25, 0.3) is 0 Å². The molecular formula is C16H33NO. The molecule has 0 aromatic rings. The van der Waals surface area contributed by atoms with Gasteiger partial charge in [-0.2, -0.15) is 0 Å². The molecule has 0 aromatic carbocycles. The molecule has 2 nitrogen and oxygen atoms in total. The topological polar surface area (TPSA) is 21.3 Å². The van der Waals surface area contributed by atoms with Crippen molar-refractivity contribution in [3.8, 4) is 0 Å². The highest BCUT2D eigenvalue weighted by atomic mass is 16.5. The molecular weight excluding hydrogens is 222 g/mol. The van der Waals surface area contributed by atoms with Crippen LogP contribution in [0.25, 0.3) is 0 Å². The van der Waals surface area contributed by atoms with Crippen LogP contribution in [0.2, 0.25) is 0 Å². The van der Waals surface area contributed by atoms with Gasteiger partial charge in [-0.3, -0.25) is 0 Å². The Balaban J connectivity index is 2.32. The zero-order valence-electron chi connectivity index (χ0n) is 12.7. The van der Waals surface area contributed by atoms with Crippen molar-refractivity contribution in [2.45, 2.75) is 96.7 Å². The molecule has 1 fully saturated rings. The summed E-state index contributed by atoms with van der Waals surface area (Å²) in [4.78, 5) is 0. The zero-order chi connectivity index (χ0) is 13.2. The molecule has 0 saturated carbocycles. The normalized spacial score (nSPS) is 26.2. The highest BCUT2D eigenvalue weighted by Gasteiger charge is 2.23. The summed E-state index contributed by atoms with van der Waals surface area (Å²) in [5.41, 5.74) is 0. The van der Waals surface area contributed by atoms with Gasteiger partial charge in [-0.15, -0.1) is 0 Å². The molecule has 2 heteroatoms. The molecule has 3 unspecified atom stereocenters. The average Bonchev–Trinajstić information content (AvgIpc) is 2.37. The number of hydrogen-bond donors (Lipinski definition) is 1. The molecule has 1 saturated heterocycles. The maximum atomic E-state index is 5.83. The third kappa shape index (κ3) is 6.19. The first-order valence-electron chi connectivity index (χ1n) is 8.17. The zero-order valence-corrected chi connectivity index (χ0v) is 12.7. The predicted octanol–water partition coefficient (Wildman–Crippen LogP) is 4.28. The lowest BCUT2D eigenvalue weighted by Gasteiger charge is -2.33. The van der Waals surface area contributed by atoms with E-state index in [1.54, 1.807) is 0 Å². The largest absolute Gasteiger partial charge is 0.378 e. The molecule has 0 spiro atoms. The Hall–Kier alpha value is -0.0800. The van der Waals surface area contributed by atoms with E-state index in [4.69, 9.17) is 4.74 Å². The molecule has 1 N–H and O–H groups in total. The van der Waals surface area contributed by atoms with Gasteiger partial charge in [-0.05, 0) is 32.1 Å². The van der Waals surface area contributed by atoms with E-state index in [1.165, 1.54) is 57.8 Å². The molecule has 3 atom stereocenters. The number of ether oxygens (including phenoxy) is 1. The Bertz CT molecular complexity index is 194. The fourth-order valence-electron chi connectivity index (χ4n) is 3.00. The maximum absolute atomic E-state index is 5.83. The van der Waals surface area contributed by atoms with Gasteiger partial charge in [0.05, 0.1) is 6.10 Å². The minimum atomic E-state index is 0.509. The van der Waals surface area contributed by atoms with Gasteiger partial charge < -0.3 is 10.1 Å². The standard InChI is InChI=1S/C16H33NO/c1-4-7-10-14(8-5-2)17-15-11-12-18-16(13-15)9-6-3/h14-17H,4-13H2,1-3H3. The van der Waals surface area contributed by atoms with Gasteiger partial charge in [-0.25, -0.2) is 0 Å². The van der Waals surface area contributed by atoms with Crippen molar-refractivity contribution in [2.24, 2.45) is 0 Å². The number of hydrogen-bond acceptors (Lipinski definition) is 2. The highest BCUT2D eigenvalue weighted by Crippen LogP contribution is 2.19. The van der Waals surface area contributed by atoms with Crippen LogP contribution in [0, 0.1) is 0 Å². The molecule has 0 aliphatic carbocycles. The van der Waals surface area contributed by atoms with E-state index in [9.17, 15) is 0 Å². The van der Waals surface area contributed by atoms with E-state index in [1.807, 2.05) is 0 Å². The van der Waals surface area contributed by atoms with Crippen LogP contribution < -0.4 is 5.32 Å². The lowest BCUT2D eigenvalue weighted by Crippen LogP contribution is -2.44. The summed E-state index contributed by atoms with van der Waals surface area (Å²) in [5.74, 6) is 0. The Morgan fingerprint density at radius 3 is 2.61 bits per heavy atom. The van der Waals surface area contributed by atoms with Crippen LogP contribution in [0.3, 0.4) is 0 Å². The lowest BCUT2D eigenvalue weighted by atomic mass is 9.97. The number of nitrogens with one attached hydrogen (secondary N) is 1. The van der Waals surface area contributed by atoms with Crippen LogP contribution in [0.5, 0.6) is 0 Å². The Labute approximate surface area is 114 Å². The second-order valence-corrected chi connectivity index (χ2v) is 5.80. The van der Waals surface area contributed by atoms with Gasteiger partial charge in [0.2, 0.25) is 0 Å². The Morgan fingerprint density at radius 2 is 1.94 bits per heavy atom. The van der Waals surface area contributed by atoms with Crippen LogP contribution in [-0.2, 0) is 4.74 Å². The fraction of sp³-hybridized carbons (Fsp3) is 1.00. The van der Waals surface area contributed by atoms with Crippen molar-refractivity contribution in [3.63, 3.8) is 0 Å². The minimum absolute atomic E-state index is 0.509. The van der Waals surface area contributed by atoms with Crippen molar-refractivity contribution >= 4 is 0 Å². The molecule has 108 valence electrons.